The molecule has 0 atom stereocenters. The third kappa shape index (κ3) is 4.63. The number of hydrogen-bond donors (Lipinski definition) is 1. The van der Waals surface area contributed by atoms with Gasteiger partial charge in [-0.3, -0.25) is 0 Å². The Morgan fingerprint density at radius 2 is 1.96 bits per heavy atom. The van der Waals surface area contributed by atoms with Crippen molar-refractivity contribution in [1.29, 1.82) is 0 Å². The number of nitrogens with zero attached hydrogens (tertiary/aromatic N) is 1. The van der Waals surface area contributed by atoms with Gasteiger partial charge in [0.15, 0.2) is 11.5 Å². The summed E-state index contributed by atoms with van der Waals surface area (Å²) in [5, 5.41) is 4.07. The largest absolute Gasteiger partial charge is 0.454 e. The number of rotatable bonds is 8. The zero-order valence-corrected chi connectivity index (χ0v) is 14.7. The minimum Gasteiger partial charge on any atom is -0.454 e. The van der Waals surface area contributed by atoms with Gasteiger partial charge in [-0.05, 0) is 49.8 Å². The highest BCUT2D eigenvalue weighted by atomic mass is 35.5. The number of benzene rings is 2. The van der Waals surface area contributed by atoms with Crippen LogP contribution in [0, 0.1) is 0 Å². The minimum absolute atomic E-state index is 0.250. The van der Waals surface area contributed by atoms with E-state index < -0.39 is 0 Å². The fourth-order valence-electron chi connectivity index (χ4n) is 2.80. The maximum Gasteiger partial charge on any atom is 0.231 e. The molecule has 0 spiro atoms. The van der Waals surface area contributed by atoms with Crippen LogP contribution in [-0.4, -0.2) is 31.8 Å². The van der Waals surface area contributed by atoms with E-state index in [1.165, 1.54) is 5.56 Å². The van der Waals surface area contributed by atoms with E-state index in [4.69, 9.17) is 21.1 Å². The number of nitrogens with one attached hydrogen (secondary N) is 1. The van der Waals surface area contributed by atoms with Crippen molar-refractivity contribution in [2.75, 3.05) is 26.9 Å². The number of halogens is 1. The maximum atomic E-state index is 6.19. The van der Waals surface area contributed by atoms with E-state index in [1.807, 2.05) is 12.1 Å². The van der Waals surface area contributed by atoms with Gasteiger partial charge >= 0.3 is 0 Å². The van der Waals surface area contributed by atoms with Crippen LogP contribution in [0.15, 0.2) is 42.5 Å². The summed E-state index contributed by atoms with van der Waals surface area (Å²) < 4.78 is 10.7. The number of hydrogen-bond acceptors (Lipinski definition) is 4. The van der Waals surface area contributed by atoms with E-state index in [0.29, 0.717) is 10.8 Å². The lowest BCUT2D eigenvalue weighted by atomic mass is 10.2. The highest BCUT2D eigenvalue weighted by Gasteiger charge is 2.17. The van der Waals surface area contributed by atoms with Crippen molar-refractivity contribution in [3.63, 3.8) is 0 Å². The predicted octanol–water partition coefficient (Wildman–Crippen LogP) is 3.68. The average molecular weight is 347 g/mol. The SMILES string of the molecule is CN(CCCNCc1cc(Cl)c2c(c1)OCO2)Cc1ccccc1. The van der Waals surface area contributed by atoms with Crippen molar-refractivity contribution in [3.05, 3.63) is 58.6 Å². The first-order chi connectivity index (χ1) is 11.7. The summed E-state index contributed by atoms with van der Waals surface area (Å²) in [6, 6.07) is 14.5. The maximum absolute atomic E-state index is 6.19. The van der Waals surface area contributed by atoms with Gasteiger partial charge in [0, 0.05) is 13.1 Å². The number of ether oxygens (including phenoxy) is 2. The normalized spacial score (nSPS) is 12.8. The second-order valence-corrected chi connectivity index (χ2v) is 6.47. The molecule has 2 aromatic rings. The highest BCUT2D eigenvalue weighted by molar-refractivity contribution is 6.32. The first-order valence-corrected chi connectivity index (χ1v) is 8.61. The molecule has 2 aromatic carbocycles. The summed E-state index contributed by atoms with van der Waals surface area (Å²) in [6.07, 6.45) is 1.10. The minimum atomic E-state index is 0.250. The first kappa shape index (κ1) is 17.1. The Morgan fingerprint density at radius 1 is 1.12 bits per heavy atom. The smallest absolute Gasteiger partial charge is 0.231 e. The van der Waals surface area contributed by atoms with Gasteiger partial charge in [0.2, 0.25) is 6.79 Å². The molecule has 0 aliphatic carbocycles. The lowest BCUT2D eigenvalue weighted by Gasteiger charge is -2.16. The summed E-state index contributed by atoms with van der Waals surface area (Å²) in [5.41, 5.74) is 2.46. The Kier molecular flexibility index (Phi) is 5.96. The quantitative estimate of drug-likeness (QED) is 0.739. The molecule has 0 unspecified atom stereocenters. The molecule has 0 fully saturated rings. The van der Waals surface area contributed by atoms with E-state index in [2.05, 4.69) is 47.6 Å². The standard InChI is InChI=1S/C19H23ClN2O2/c1-22(13-15-6-3-2-4-7-15)9-5-8-21-12-16-10-17(20)19-18(11-16)23-14-24-19/h2-4,6-7,10-11,21H,5,8-9,12-14H2,1H3. The Balaban J connectivity index is 1.36. The van der Waals surface area contributed by atoms with Crippen molar-refractivity contribution < 1.29 is 9.47 Å². The molecule has 1 N–H and O–H groups in total. The van der Waals surface area contributed by atoms with Gasteiger partial charge in [-0.15, -0.1) is 0 Å². The van der Waals surface area contributed by atoms with Gasteiger partial charge in [0.25, 0.3) is 0 Å². The molecule has 0 aromatic heterocycles. The monoisotopic (exact) mass is 346 g/mol. The van der Waals surface area contributed by atoms with Crippen LogP contribution in [0.1, 0.15) is 17.5 Å². The molecular weight excluding hydrogens is 324 g/mol. The van der Waals surface area contributed by atoms with Crippen LogP contribution < -0.4 is 14.8 Å². The first-order valence-electron chi connectivity index (χ1n) is 8.23. The zero-order chi connectivity index (χ0) is 16.8. The second kappa shape index (κ2) is 8.38. The second-order valence-electron chi connectivity index (χ2n) is 6.07. The molecule has 24 heavy (non-hydrogen) atoms. The van der Waals surface area contributed by atoms with Gasteiger partial charge in [0.1, 0.15) is 0 Å². The van der Waals surface area contributed by atoms with E-state index in [1.54, 1.807) is 0 Å². The molecule has 3 rings (SSSR count). The van der Waals surface area contributed by atoms with Crippen molar-refractivity contribution in [2.24, 2.45) is 0 Å². The molecule has 4 nitrogen and oxygen atoms in total. The molecule has 0 amide bonds. The molecule has 1 aliphatic rings. The molecular formula is C19H23ClN2O2. The van der Waals surface area contributed by atoms with E-state index >= 15 is 0 Å². The summed E-state index contributed by atoms with van der Waals surface area (Å²) in [5.74, 6) is 1.39. The van der Waals surface area contributed by atoms with Crippen LogP contribution >= 0.6 is 11.6 Å². The van der Waals surface area contributed by atoms with Gasteiger partial charge in [-0.2, -0.15) is 0 Å². The molecule has 0 radical (unpaired) electrons. The van der Waals surface area contributed by atoms with E-state index in [9.17, 15) is 0 Å². The summed E-state index contributed by atoms with van der Waals surface area (Å²) in [7, 11) is 2.16. The molecule has 1 aliphatic heterocycles. The highest BCUT2D eigenvalue weighted by Crippen LogP contribution is 2.39. The van der Waals surface area contributed by atoms with Crippen LogP contribution in [0.5, 0.6) is 11.5 Å². The zero-order valence-electron chi connectivity index (χ0n) is 13.9. The van der Waals surface area contributed by atoms with Gasteiger partial charge in [-0.1, -0.05) is 41.9 Å². The summed E-state index contributed by atoms with van der Waals surface area (Å²) >= 11 is 6.19. The lowest BCUT2D eigenvalue weighted by molar-refractivity contribution is 0.174. The molecule has 0 bridgehead atoms. The fourth-order valence-corrected chi connectivity index (χ4v) is 3.09. The fraction of sp³-hybridized carbons (Fsp3) is 0.368. The number of fused-ring (bicyclic) bond motifs is 1. The van der Waals surface area contributed by atoms with Crippen LogP contribution in [0.4, 0.5) is 0 Å². The average Bonchev–Trinajstić information content (AvgIpc) is 3.04. The van der Waals surface area contributed by atoms with E-state index in [0.717, 1.165) is 43.9 Å². The van der Waals surface area contributed by atoms with Gasteiger partial charge in [0.05, 0.1) is 5.02 Å². The van der Waals surface area contributed by atoms with Crippen LogP contribution in [0.25, 0.3) is 0 Å². The lowest BCUT2D eigenvalue weighted by Crippen LogP contribution is -2.23. The molecule has 5 heteroatoms. The Bertz CT molecular complexity index is 664. The van der Waals surface area contributed by atoms with Crippen molar-refractivity contribution in [2.45, 2.75) is 19.5 Å². The molecule has 0 saturated heterocycles. The molecule has 1 heterocycles. The topological polar surface area (TPSA) is 33.7 Å². The molecule has 128 valence electrons. The summed E-state index contributed by atoms with van der Waals surface area (Å²) in [6.45, 7) is 4.03. The van der Waals surface area contributed by atoms with Gasteiger partial charge < -0.3 is 19.7 Å². The Labute approximate surface area is 148 Å². The third-order valence-electron chi connectivity index (χ3n) is 4.00. The van der Waals surface area contributed by atoms with Crippen LogP contribution in [-0.2, 0) is 13.1 Å². The van der Waals surface area contributed by atoms with Crippen molar-refractivity contribution >= 4 is 11.6 Å². The third-order valence-corrected chi connectivity index (χ3v) is 4.29. The van der Waals surface area contributed by atoms with E-state index in [-0.39, 0.29) is 6.79 Å². The van der Waals surface area contributed by atoms with Crippen LogP contribution in [0.3, 0.4) is 0 Å². The Hall–Kier alpha value is -1.75. The van der Waals surface area contributed by atoms with Crippen molar-refractivity contribution in [1.82, 2.24) is 10.2 Å². The Morgan fingerprint density at radius 3 is 2.79 bits per heavy atom. The van der Waals surface area contributed by atoms with Crippen LogP contribution in [0.2, 0.25) is 5.02 Å². The predicted molar refractivity (Wildman–Crippen MR) is 96.7 cm³/mol. The van der Waals surface area contributed by atoms with Gasteiger partial charge in [-0.25, -0.2) is 0 Å². The summed E-state index contributed by atoms with van der Waals surface area (Å²) in [4.78, 5) is 2.34. The van der Waals surface area contributed by atoms with Crippen molar-refractivity contribution in [3.8, 4) is 11.5 Å². The molecule has 0 saturated carbocycles.